The zero-order valence-corrected chi connectivity index (χ0v) is 19.9. The minimum atomic E-state index is -0.601. The predicted molar refractivity (Wildman–Crippen MR) is 135 cm³/mol. The molecule has 172 valence electrons. The molecule has 5 heteroatoms. The Labute approximate surface area is 200 Å². The van der Waals surface area contributed by atoms with E-state index in [0.29, 0.717) is 0 Å². The number of ether oxygens (including phenoxy) is 1. The van der Waals surface area contributed by atoms with Crippen molar-refractivity contribution in [2.24, 2.45) is 0 Å². The SMILES string of the molecule is C[CH+]C(C)(C)OC(=O)NC1(c2ccc(-c3nc4ccccn4c3-c3ccccc3)cc2)CCC1. The molecule has 0 bridgehead atoms. The van der Waals surface area contributed by atoms with E-state index in [4.69, 9.17) is 9.72 Å². The van der Waals surface area contributed by atoms with Crippen LogP contribution in [0.15, 0.2) is 79.0 Å². The van der Waals surface area contributed by atoms with Crippen molar-refractivity contribution in [2.75, 3.05) is 0 Å². The van der Waals surface area contributed by atoms with Gasteiger partial charge in [0, 0.05) is 31.2 Å². The molecule has 5 rings (SSSR count). The summed E-state index contributed by atoms with van der Waals surface area (Å²) in [5.74, 6) is 0. The van der Waals surface area contributed by atoms with Crippen LogP contribution in [0, 0.1) is 6.42 Å². The van der Waals surface area contributed by atoms with Gasteiger partial charge in [0.2, 0.25) is 5.60 Å². The molecule has 0 radical (unpaired) electrons. The number of pyridine rings is 1. The first kappa shape index (κ1) is 22.1. The lowest BCUT2D eigenvalue weighted by atomic mass is 9.71. The molecule has 2 aromatic heterocycles. The highest BCUT2D eigenvalue weighted by molar-refractivity contribution is 5.82. The molecule has 34 heavy (non-hydrogen) atoms. The van der Waals surface area contributed by atoms with Crippen LogP contribution < -0.4 is 5.32 Å². The summed E-state index contributed by atoms with van der Waals surface area (Å²) in [4.78, 5) is 17.6. The Morgan fingerprint density at radius 1 is 1.00 bits per heavy atom. The first-order valence-electron chi connectivity index (χ1n) is 11.9. The molecule has 0 saturated heterocycles. The fourth-order valence-electron chi connectivity index (χ4n) is 4.55. The third-order valence-corrected chi connectivity index (χ3v) is 6.89. The van der Waals surface area contributed by atoms with Gasteiger partial charge in [0.1, 0.15) is 12.1 Å². The van der Waals surface area contributed by atoms with Gasteiger partial charge in [-0.2, -0.15) is 0 Å². The molecular weight excluding hydrogens is 422 g/mol. The van der Waals surface area contributed by atoms with E-state index >= 15 is 0 Å². The Balaban J connectivity index is 1.48. The summed E-state index contributed by atoms with van der Waals surface area (Å²) >= 11 is 0. The molecule has 1 fully saturated rings. The number of nitrogens with zero attached hydrogens (tertiary/aromatic N) is 2. The van der Waals surface area contributed by atoms with E-state index < -0.39 is 5.60 Å². The summed E-state index contributed by atoms with van der Waals surface area (Å²) in [6.45, 7) is 5.66. The molecule has 0 spiro atoms. The van der Waals surface area contributed by atoms with Gasteiger partial charge in [-0.25, -0.2) is 9.78 Å². The molecule has 0 unspecified atom stereocenters. The third kappa shape index (κ3) is 4.03. The van der Waals surface area contributed by atoms with Crippen LogP contribution >= 0.6 is 0 Å². The molecule has 2 heterocycles. The van der Waals surface area contributed by atoms with E-state index in [2.05, 4.69) is 52.3 Å². The zero-order valence-electron chi connectivity index (χ0n) is 19.9. The van der Waals surface area contributed by atoms with Crippen molar-refractivity contribution in [3.8, 4) is 22.5 Å². The van der Waals surface area contributed by atoms with Crippen molar-refractivity contribution < 1.29 is 9.53 Å². The molecule has 4 aromatic rings. The van der Waals surface area contributed by atoms with Crippen LogP contribution in [0.25, 0.3) is 28.2 Å². The van der Waals surface area contributed by atoms with E-state index in [1.807, 2.05) is 63.6 Å². The zero-order chi connectivity index (χ0) is 23.8. The molecule has 1 N–H and O–H groups in total. The Hall–Kier alpha value is -3.73. The lowest BCUT2D eigenvalue weighted by Crippen LogP contribution is -2.52. The summed E-state index contributed by atoms with van der Waals surface area (Å²) < 4.78 is 7.75. The molecule has 2 aromatic carbocycles. The number of nitrogens with one attached hydrogen (secondary N) is 1. The fourth-order valence-corrected chi connectivity index (χ4v) is 4.55. The second-order valence-electron chi connectivity index (χ2n) is 9.52. The first-order valence-corrected chi connectivity index (χ1v) is 11.9. The number of imidazole rings is 1. The standard InChI is InChI=1S/C29H29N3O2/c1-4-28(2,3)34-27(33)31-29(18-10-19-29)23-16-14-21(15-17-23)25-26(22-11-6-5-7-12-22)32-20-9-8-13-24(32)30-25/h4-9,11-17,20H,10,18-19H2,1-3H3/p+1. The average molecular weight is 453 g/mol. The number of rotatable bonds is 6. The second-order valence-corrected chi connectivity index (χ2v) is 9.52. The van der Waals surface area contributed by atoms with Gasteiger partial charge in [0.15, 0.2) is 0 Å². The van der Waals surface area contributed by atoms with Crippen molar-refractivity contribution in [1.29, 1.82) is 0 Å². The maximum atomic E-state index is 12.6. The molecule has 0 atom stereocenters. The van der Waals surface area contributed by atoms with Crippen LogP contribution in [-0.2, 0) is 10.3 Å². The van der Waals surface area contributed by atoms with Gasteiger partial charge >= 0.3 is 6.09 Å². The van der Waals surface area contributed by atoms with Crippen molar-refractivity contribution in [3.05, 3.63) is 91.0 Å². The molecule has 0 aliphatic heterocycles. The Morgan fingerprint density at radius 2 is 1.71 bits per heavy atom. The van der Waals surface area contributed by atoms with Gasteiger partial charge in [-0.05, 0) is 37.0 Å². The van der Waals surface area contributed by atoms with E-state index in [9.17, 15) is 4.79 Å². The summed E-state index contributed by atoms with van der Waals surface area (Å²) in [5.41, 5.74) is 5.22. The Morgan fingerprint density at radius 3 is 2.35 bits per heavy atom. The lowest BCUT2D eigenvalue weighted by Gasteiger charge is -2.43. The van der Waals surface area contributed by atoms with E-state index in [1.54, 1.807) is 0 Å². The normalized spacial score (nSPS) is 14.9. The average Bonchev–Trinajstić information content (AvgIpc) is 3.21. The summed E-state index contributed by atoms with van der Waals surface area (Å²) in [6, 6.07) is 24.9. The minimum absolute atomic E-state index is 0.374. The summed E-state index contributed by atoms with van der Waals surface area (Å²) in [6.07, 6.45) is 6.45. The molecule has 1 aliphatic rings. The number of carbonyl (C=O) groups excluding carboxylic acids is 1. The number of aromatic nitrogens is 2. The van der Waals surface area contributed by atoms with Crippen molar-refractivity contribution >= 4 is 11.7 Å². The van der Waals surface area contributed by atoms with Gasteiger partial charge in [-0.3, -0.25) is 4.40 Å². The molecular formula is C29H30N3O2+. The lowest BCUT2D eigenvalue weighted by molar-refractivity contribution is 0.0455. The number of fused-ring (bicyclic) bond motifs is 1. The van der Waals surface area contributed by atoms with Crippen molar-refractivity contribution in [3.63, 3.8) is 0 Å². The number of hydrogen-bond acceptors (Lipinski definition) is 3. The van der Waals surface area contributed by atoms with Crippen LogP contribution in [0.3, 0.4) is 0 Å². The first-order chi connectivity index (χ1) is 16.4. The maximum absolute atomic E-state index is 12.6. The van der Waals surface area contributed by atoms with Gasteiger partial charge in [0.25, 0.3) is 0 Å². The molecule has 1 saturated carbocycles. The van der Waals surface area contributed by atoms with Gasteiger partial charge in [-0.1, -0.05) is 60.7 Å². The Bertz CT molecular complexity index is 1300. The fraction of sp³-hybridized carbons (Fsp3) is 0.276. The van der Waals surface area contributed by atoms with E-state index in [1.165, 1.54) is 0 Å². The highest BCUT2D eigenvalue weighted by Crippen LogP contribution is 2.42. The largest absolute Gasteiger partial charge is 0.411 e. The molecule has 1 aliphatic carbocycles. The third-order valence-electron chi connectivity index (χ3n) is 6.89. The van der Waals surface area contributed by atoms with E-state index in [0.717, 1.165) is 53.0 Å². The monoisotopic (exact) mass is 452 g/mol. The molecule has 1 amide bonds. The van der Waals surface area contributed by atoms with Crippen LogP contribution in [-0.4, -0.2) is 21.1 Å². The van der Waals surface area contributed by atoms with Crippen LogP contribution in [0.4, 0.5) is 4.79 Å². The molecule has 5 nitrogen and oxygen atoms in total. The summed E-state index contributed by atoms with van der Waals surface area (Å²) in [7, 11) is 0. The highest BCUT2D eigenvalue weighted by Gasteiger charge is 2.42. The van der Waals surface area contributed by atoms with Crippen molar-refractivity contribution in [2.45, 2.75) is 51.2 Å². The van der Waals surface area contributed by atoms with Gasteiger partial charge in [-0.15, -0.1) is 0 Å². The smallest absolute Gasteiger partial charge is 0.403 e. The topological polar surface area (TPSA) is 55.6 Å². The van der Waals surface area contributed by atoms with Gasteiger partial charge in [0.05, 0.1) is 23.9 Å². The Kier molecular flexibility index (Phi) is 5.56. The number of amides is 1. The van der Waals surface area contributed by atoms with Gasteiger partial charge < -0.3 is 10.1 Å². The second kappa shape index (κ2) is 8.56. The van der Waals surface area contributed by atoms with Crippen LogP contribution in [0.5, 0.6) is 0 Å². The highest BCUT2D eigenvalue weighted by atomic mass is 16.6. The number of benzene rings is 2. The van der Waals surface area contributed by atoms with Crippen LogP contribution in [0.2, 0.25) is 0 Å². The minimum Gasteiger partial charge on any atom is -0.403 e. The van der Waals surface area contributed by atoms with E-state index in [-0.39, 0.29) is 11.6 Å². The number of carbonyl (C=O) groups is 1. The van der Waals surface area contributed by atoms with Crippen molar-refractivity contribution in [1.82, 2.24) is 14.7 Å². The number of alkyl carbamates (subject to hydrolysis) is 1. The predicted octanol–water partition coefficient (Wildman–Crippen LogP) is 6.78. The summed E-state index contributed by atoms with van der Waals surface area (Å²) in [5, 5.41) is 3.15. The maximum Gasteiger partial charge on any atom is 0.411 e. The number of hydrogen-bond donors (Lipinski definition) is 1. The quantitative estimate of drug-likeness (QED) is 0.328. The van der Waals surface area contributed by atoms with Crippen LogP contribution in [0.1, 0.15) is 45.6 Å².